The maximum absolute atomic E-state index is 11.9. The van der Waals surface area contributed by atoms with Gasteiger partial charge >= 0.3 is 0 Å². The highest BCUT2D eigenvalue weighted by molar-refractivity contribution is 7.89. The number of nitrogens with one attached hydrogen (secondary N) is 2. The number of nitro benzene ring substituents is 1. The van der Waals surface area contributed by atoms with E-state index in [0.717, 1.165) is 6.07 Å². The second kappa shape index (κ2) is 5.29. The molecule has 8 nitrogen and oxygen atoms in total. The summed E-state index contributed by atoms with van der Waals surface area (Å²) >= 11 is 0. The van der Waals surface area contributed by atoms with Gasteiger partial charge in [0.2, 0.25) is 0 Å². The molecule has 0 heterocycles. The zero-order valence-corrected chi connectivity index (χ0v) is 11.0. The fraction of sp³-hybridized carbons (Fsp3) is 0.333. The van der Waals surface area contributed by atoms with Crippen molar-refractivity contribution < 1.29 is 13.3 Å². The van der Waals surface area contributed by atoms with E-state index in [1.165, 1.54) is 38.3 Å². The standard InChI is InChI=1S/C9H14N4O4S/c1-10-8-6-7(13(14)15)4-5-9(8)18(16,17)11-12(2)3/h4-6,10-11H,1-3H3. The van der Waals surface area contributed by atoms with Crippen molar-refractivity contribution >= 4 is 21.4 Å². The number of nitro groups is 1. The Morgan fingerprint density at radius 3 is 2.39 bits per heavy atom. The second-order valence-electron chi connectivity index (χ2n) is 3.68. The van der Waals surface area contributed by atoms with Gasteiger partial charge in [0.15, 0.2) is 0 Å². The average Bonchev–Trinajstić information content (AvgIpc) is 2.26. The van der Waals surface area contributed by atoms with E-state index in [1.54, 1.807) is 0 Å². The molecule has 0 amide bonds. The molecule has 0 radical (unpaired) electrons. The van der Waals surface area contributed by atoms with Crippen LogP contribution in [-0.2, 0) is 10.0 Å². The second-order valence-corrected chi connectivity index (χ2v) is 5.31. The van der Waals surface area contributed by atoms with Crippen molar-refractivity contribution in [3.05, 3.63) is 28.3 Å². The van der Waals surface area contributed by atoms with Crippen molar-refractivity contribution in [2.24, 2.45) is 0 Å². The number of nitrogens with zero attached hydrogens (tertiary/aromatic N) is 2. The van der Waals surface area contributed by atoms with Crippen LogP contribution in [0.4, 0.5) is 11.4 Å². The highest BCUT2D eigenvalue weighted by Gasteiger charge is 2.21. The molecule has 1 rings (SSSR count). The molecule has 2 N–H and O–H groups in total. The van der Waals surface area contributed by atoms with Crippen LogP contribution in [0.25, 0.3) is 0 Å². The van der Waals surface area contributed by atoms with Crippen molar-refractivity contribution in [3.8, 4) is 0 Å². The van der Waals surface area contributed by atoms with Gasteiger partial charge in [0.1, 0.15) is 4.90 Å². The van der Waals surface area contributed by atoms with E-state index in [-0.39, 0.29) is 16.3 Å². The molecular weight excluding hydrogens is 260 g/mol. The lowest BCUT2D eigenvalue weighted by atomic mass is 10.3. The molecule has 0 unspecified atom stereocenters. The first-order valence-corrected chi connectivity index (χ1v) is 6.42. The summed E-state index contributed by atoms with van der Waals surface area (Å²) in [5.41, 5.74) is -0.0123. The lowest BCUT2D eigenvalue weighted by Crippen LogP contribution is -2.36. The van der Waals surface area contributed by atoms with Crippen LogP contribution < -0.4 is 10.1 Å². The van der Waals surface area contributed by atoms with Gasteiger partial charge in [-0.2, -0.15) is 0 Å². The molecule has 0 aliphatic rings. The summed E-state index contributed by atoms with van der Waals surface area (Å²) in [7, 11) is 0.799. The van der Waals surface area contributed by atoms with Gasteiger partial charge in [-0.1, -0.05) is 0 Å². The van der Waals surface area contributed by atoms with E-state index in [2.05, 4.69) is 10.1 Å². The van der Waals surface area contributed by atoms with Gasteiger partial charge in [-0.3, -0.25) is 10.1 Å². The molecule has 1 aromatic carbocycles. The minimum atomic E-state index is -3.75. The van der Waals surface area contributed by atoms with E-state index in [9.17, 15) is 18.5 Å². The van der Waals surface area contributed by atoms with E-state index in [0.29, 0.717) is 0 Å². The van der Waals surface area contributed by atoms with Crippen LogP contribution in [0, 0.1) is 10.1 Å². The van der Waals surface area contributed by atoms with Crippen LogP contribution in [0.1, 0.15) is 0 Å². The number of benzene rings is 1. The van der Waals surface area contributed by atoms with E-state index < -0.39 is 14.9 Å². The Labute approximate surface area is 105 Å². The Kier molecular flexibility index (Phi) is 4.22. The van der Waals surface area contributed by atoms with Crippen molar-refractivity contribution in [2.45, 2.75) is 4.90 Å². The monoisotopic (exact) mass is 274 g/mol. The molecule has 0 spiro atoms. The first kappa shape index (κ1) is 14.4. The minimum absolute atomic E-state index is 0.0516. The predicted molar refractivity (Wildman–Crippen MR) is 66.7 cm³/mol. The maximum atomic E-state index is 11.9. The van der Waals surface area contributed by atoms with Crippen LogP contribution in [0.2, 0.25) is 0 Å². The van der Waals surface area contributed by atoms with Crippen LogP contribution in [0.15, 0.2) is 23.1 Å². The molecule has 0 saturated carbocycles. The smallest absolute Gasteiger partial charge is 0.271 e. The number of anilines is 1. The first-order chi connectivity index (χ1) is 8.27. The highest BCUT2D eigenvalue weighted by Crippen LogP contribution is 2.25. The molecule has 100 valence electrons. The molecule has 0 atom stereocenters. The zero-order valence-electron chi connectivity index (χ0n) is 10.2. The Bertz CT molecular complexity index is 556. The summed E-state index contributed by atoms with van der Waals surface area (Å²) in [6.07, 6.45) is 0. The average molecular weight is 274 g/mol. The molecule has 18 heavy (non-hydrogen) atoms. The Balaban J connectivity index is 3.29. The molecule has 9 heteroatoms. The summed E-state index contributed by atoms with van der Waals surface area (Å²) in [5, 5.41) is 14.5. The molecule has 0 saturated heterocycles. The quantitative estimate of drug-likeness (QED) is 0.594. The van der Waals surface area contributed by atoms with E-state index in [1.807, 2.05) is 0 Å². The van der Waals surface area contributed by atoms with Gasteiger partial charge in [-0.05, 0) is 6.07 Å². The molecule has 0 aromatic heterocycles. The topological polar surface area (TPSA) is 105 Å². The van der Waals surface area contributed by atoms with Crippen LogP contribution in [0.3, 0.4) is 0 Å². The highest BCUT2D eigenvalue weighted by atomic mass is 32.2. The van der Waals surface area contributed by atoms with E-state index >= 15 is 0 Å². The minimum Gasteiger partial charge on any atom is -0.387 e. The maximum Gasteiger partial charge on any atom is 0.271 e. The van der Waals surface area contributed by atoms with Gasteiger partial charge < -0.3 is 5.32 Å². The number of rotatable bonds is 5. The summed E-state index contributed by atoms with van der Waals surface area (Å²) in [6, 6.07) is 3.51. The van der Waals surface area contributed by atoms with E-state index in [4.69, 9.17) is 0 Å². The molecule has 0 aliphatic carbocycles. The van der Waals surface area contributed by atoms with Crippen molar-refractivity contribution in [3.63, 3.8) is 0 Å². The molecule has 0 aliphatic heterocycles. The zero-order chi connectivity index (χ0) is 13.9. The number of hydrazine groups is 1. The summed E-state index contributed by atoms with van der Waals surface area (Å²) in [6.45, 7) is 0. The Morgan fingerprint density at radius 2 is 1.94 bits per heavy atom. The van der Waals surface area contributed by atoms with Crippen molar-refractivity contribution in [2.75, 3.05) is 26.5 Å². The Hall–Kier alpha value is -1.71. The molecule has 0 bridgehead atoms. The first-order valence-electron chi connectivity index (χ1n) is 4.94. The van der Waals surface area contributed by atoms with Crippen LogP contribution in [0.5, 0.6) is 0 Å². The summed E-state index contributed by atoms with van der Waals surface area (Å²) in [4.78, 5) is 12.2. The molecular formula is C9H14N4O4S. The normalized spacial score (nSPS) is 11.6. The summed E-state index contributed by atoms with van der Waals surface area (Å²) in [5.74, 6) is 0. The lowest BCUT2D eigenvalue weighted by Gasteiger charge is -2.14. The van der Waals surface area contributed by atoms with Crippen molar-refractivity contribution in [1.29, 1.82) is 0 Å². The molecule has 0 fully saturated rings. The predicted octanol–water partition coefficient (Wildman–Crippen LogP) is 0.391. The number of hydrogen-bond donors (Lipinski definition) is 2. The third kappa shape index (κ3) is 3.15. The SMILES string of the molecule is CNc1cc([N+](=O)[O-])ccc1S(=O)(=O)NN(C)C. The van der Waals surface area contributed by atoms with Gasteiger partial charge in [-0.15, -0.1) is 4.83 Å². The van der Waals surface area contributed by atoms with Crippen molar-refractivity contribution in [1.82, 2.24) is 9.84 Å². The Morgan fingerprint density at radius 1 is 1.33 bits per heavy atom. The largest absolute Gasteiger partial charge is 0.387 e. The number of hydrogen-bond acceptors (Lipinski definition) is 6. The van der Waals surface area contributed by atoms with Crippen LogP contribution in [-0.4, -0.2) is 39.5 Å². The fourth-order valence-corrected chi connectivity index (χ4v) is 2.63. The number of sulfonamides is 1. The molecule has 1 aromatic rings. The van der Waals surface area contributed by atoms with Gasteiger partial charge in [0.25, 0.3) is 15.7 Å². The van der Waals surface area contributed by atoms with Gasteiger partial charge in [0.05, 0.1) is 10.6 Å². The van der Waals surface area contributed by atoms with Crippen LogP contribution >= 0.6 is 0 Å². The third-order valence-corrected chi connectivity index (χ3v) is 3.58. The third-order valence-electron chi connectivity index (χ3n) is 2.04. The number of non-ortho nitro benzene ring substituents is 1. The van der Waals surface area contributed by atoms with Gasteiger partial charge in [0, 0.05) is 33.3 Å². The van der Waals surface area contributed by atoms with Gasteiger partial charge in [-0.25, -0.2) is 13.4 Å². The fourth-order valence-electron chi connectivity index (χ4n) is 1.35. The summed E-state index contributed by atoms with van der Waals surface area (Å²) < 4.78 is 23.9. The lowest BCUT2D eigenvalue weighted by molar-refractivity contribution is -0.384.